The van der Waals surface area contributed by atoms with E-state index in [9.17, 15) is 4.79 Å². The molecule has 2 rings (SSSR count). The predicted octanol–water partition coefficient (Wildman–Crippen LogP) is 2.96. The van der Waals surface area contributed by atoms with Crippen molar-refractivity contribution in [2.24, 2.45) is 0 Å². The van der Waals surface area contributed by atoms with Crippen molar-refractivity contribution in [3.63, 3.8) is 0 Å². The number of halogens is 1. The van der Waals surface area contributed by atoms with Crippen LogP contribution in [0.15, 0.2) is 12.1 Å². The Morgan fingerprint density at radius 2 is 2.29 bits per heavy atom. The highest BCUT2D eigenvalue weighted by molar-refractivity contribution is 7.21. The molecule has 0 fully saturated rings. The highest BCUT2D eigenvalue weighted by atomic mass is 35.5. The molecule has 3 nitrogen and oxygen atoms in total. The van der Waals surface area contributed by atoms with Crippen LogP contribution in [0.25, 0.3) is 10.2 Å². The van der Waals surface area contributed by atoms with Gasteiger partial charge in [-0.3, -0.25) is 0 Å². The van der Waals surface area contributed by atoms with Crippen LogP contribution in [0.1, 0.15) is 15.4 Å². The Kier molecular flexibility index (Phi) is 2.17. The zero-order valence-electron chi connectivity index (χ0n) is 7.24. The standard InChI is InChI=1S/C9H6ClNO2S/c1-4-2-3-5-6(10)7(9(12)13)14-8(5)11-4/h2-3H,1H3,(H,12,13). The van der Waals surface area contributed by atoms with Gasteiger partial charge in [0.2, 0.25) is 0 Å². The molecular formula is C9H6ClNO2S. The van der Waals surface area contributed by atoms with Gasteiger partial charge in [0.25, 0.3) is 0 Å². The molecule has 0 aliphatic carbocycles. The number of hydrogen-bond acceptors (Lipinski definition) is 3. The molecule has 0 atom stereocenters. The van der Waals surface area contributed by atoms with Crippen LogP contribution in [0.2, 0.25) is 5.02 Å². The second-order valence-electron chi connectivity index (χ2n) is 2.86. The first-order valence-corrected chi connectivity index (χ1v) is 5.08. The topological polar surface area (TPSA) is 50.2 Å². The summed E-state index contributed by atoms with van der Waals surface area (Å²) in [6, 6.07) is 3.61. The minimum Gasteiger partial charge on any atom is -0.477 e. The van der Waals surface area contributed by atoms with E-state index in [4.69, 9.17) is 16.7 Å². The smallest absolute Gasteiger partial charge is 0.347 e. The Morgan fingerprint density at radius 1 is 1.57 bits per heavy atom. The van der Waals surface area contributed by atoms with Crippen molar-refractivity contribution in [1.82, 2.24) is 4.98 Å². The average Bonchev–Trinajstić information content (AvgIpc) is 2.43. The SMILES string of the molecule is Cc1ccc2c(Cl)c(C(=O)O)sc2n1. The molecule has 2 heterocycles. The summed E-state index contributed by atoms with van der Waals surface area (Å²) < 4.78 is 0. The maximum atomic E-state index is 10.8. The van der Waals surface area contributed by atoms with Crippen molar-refractivity contribution in [1.29, 1.82) is 0 Å². The second kappa shape index (κ2) is 3.22. The van der Waals surface area contributed by atoms with Gasteiger partial charge in [-0.15, -0.1) is 11.3 Å². The van der Waals surface area contributed by atoms with Crippen LogP contribution in [-0.4, -0.2) is 16.1 Å². The minimum absolute atomic E-state index is 0.153. The number of carbonyl (C=O) groups is 1. The molecule has 2 aromatic rings. The number of rotatable bonds is 1. The molecule has 0 unspecified atom stereocenters. The van der Waals surface area contributed by atoms with E-state index in [2.05, 4.69) is 4.98 Å². The van der Waals surface area contributed by atoms with Crippen molar-refractivity contribution < 1.29 is 9.90 Å². The van der Waals surface area contributed by atoms with Gasteiger partial charge < -0.3 is 5.11 Å². The fraction of sp³-hybridized carbons (Fsp3) is 0.111. The summed E-state index contributed by atoms with van der Waals surface area (Å²) in [5.41, 5.74) is 0.854. The summed E-state index contributed by atoms with van der Waals surface area (Å²) in [4.78, 5) is 15.8. The van der Waals surface area contributed by atoms with Gasteiger partial charge in [-0.25, -0.2) is 9.78 Å². The Hall–Kier alpha value is -1.13. The van der Waals surface area contributed by atoms with E-state index < -0.39 is 5.97 Å². The molecule has 14 heavy (non-hydrogen) atoms. The highest BCUT2D eigenvalue weighted by Crippen LogP contribution is 2.34. The van der Waals surface area contributed by atoms with Gasteiger partial charge >= 0.3 is 5.97 Å². The first-order chi connectivity index (χ1) is 6.59. The van der Waals surface area contributed by atoms with E-state index in [-0.39, 0.29) is 9.90 Å². The van der Waals surface area contributed by atoms with E-state index in [1.807, 2.05) is 13.0 Å². The number of pyridine rings is 1. The molecule has 2 aromatic heterocycles. The zero-order valence-corrected chi connectivity index (χ0v) is 8.82. The van der Waals surface area contributed by atoms with E-state index >= 15 is 0 Å². The van der Waals surface area contributed by atoms with E-state index in [0.29, 0.717) is 10.2 Å². The number of thiophene rings is 1. The maximum Gasteiger partial charge on any atom is 0.347 e. The van der Waals surface area contributed by atoms with Crippen molar-refractivity contribution in [3.8, 4) is 0 Å². The van der Waals surface area contributed by atoms with Gasteiger partial charge in [0.05, 0.1) is 5.02 Å². The van der Waals surface area contributed by atoms with Crippen LogP contribution >= 0.6 is 22.9 Å². The van der Waals surface area contributed by atoms with Crippen molar-refractivity contribution in [3.05, 3.63) is 27.7 Å². The van der Waals surface area contributed by atoms with E-state index in [1.165, 1.54) is 0 Å². The van der Waals surface area contributed by atoms with Crippen molar-refractivity contribution in [2.75, 3.05) is 0 Å². The van der Waals surface area contributed by atoms with Crippen LogP contribution in [-0.2, 0) is 0 Å². The van der Waals surface area contributed by atoms with Crippen molar-refractivity contribution in [2.45, 2.75) is 6.92 Å². The first-order valence-electron chi connectivity index (χ1n) is 3.88. The van der Waals surface area contributed by atoms with Gasteiger partial charge in [0.15, 0.2) is 0 Å². The summed E-state index contributed by atoms with van der Waals surface area (Å²) in [5.74, 6) is -1.00. The summed E-state index contributed by atoms with van der Waals surface area (Å²) in [6.07, 6.45) is 0. The molecule has 0 bridgehead atoms. The van der Waals surface area contributed by atoms with Crippen LogP contribution in [0, 0.1) is 6.92 Å². The number of carboxylic acids is 1. The van der Waals surface area contributed by atoms with Crippen molar-refractivity contribution >= 4 is 39.1 Å². The molecular weight excluding hydrogens is 222 g/mol. The maximum absolute atomic E-state index is 10.8. The molecule has 5 heteroatoms. The first kappa shape index (κ1) is 9.43. The van der Waals surface area contributed by atoms with Gasteiger partial charge in [0.1, 0.15) is 9.71 Å². The molecule has 72 valence electrons. The summed E-state index contributed by atoms with van der Waals surface area (Å²) in [7, 11) is 0. The van der Waals surface area contributed by atoms with Crippen LogP contribution < -0.4 is 0 Å². The minimum atomic E-state index is -1.00. The zero-order chi connectivity index (χ0) is 10.3. The molecule has 0 aliphatic rings. The van der Waals surface area contributed by atoms with Crippen LogP contribution in [0.5, 0.6) is 0 Å². The summed E-state index contributed by atoms with van der Waals surface area (Å²) >= 11 is 7.00. The third-order valence-corrected chi connectivity index (χ3v) is 3.42. The lowest BCUT2D eigenvalue weighted by Gasteiger charge is -1.91. The van der Waals surface area contributed by atoms with Gasteiger partial charge in [-0.2, -0.15) is 0 Å². The molecule has 1 N–H and O–H groups in total. The third-order valence-electron chi connectivity index (χ3n) is 1.83. The fourth-order valence-corrected chi connectivity index (χ4v) is 2.53. The quantitative estimate of drug-likeness (QED) is 0.815. The number of fused-ring (bicyclic) bond motifs is 1. The molecule has 0 spiro atoms. The number of hydrogen-bond donors (Lipinski definition) is 1. The Bertz CT molecular complexity index is 521. The molecule has 0 saturated carbocycles. The average molecular weight is 228 g/mol. The Morgan fingerprint density at radius 3 is 2.93 bits per heavy atom. The largest absolute Gasteiger partial charge is 0.477 e. The summed E-state index contributed by atoms with van der Waals surface area (Å²) in [5, 5.41) is 9.82. The number of aromatic nitrogens is 1. The number of nitrogens with zero attached hydrogens (tertiary/aromatic N) is 1. The van der Waals surface area contributed by atoms with Crippen LogP contribution in [0.3, 0.4) is 0 Å². The van der Waals surface area contributed by atoms with Crippen LogP contribution in [0.4, 0.5) is 0 Å². The molecule has 0 aromatic carbocycles. The predicted molar refractivity (Wildman–Crippen MR) is 56.3 cm³/mol. The second-order valence-corrected chi connectivity index (χ2v) is 4.23. The van der Waals surface area contributed by atoms with Gasteiger partial charge in [-0.05, 0) is 19.1 Å². The Balaban J connectivity index is 2.79. The molecule has 0 saturated heterocycles. The lowest BCUT2D eigenvalue weighted by atomic mass is 10.3. The number of aryl methyl sites for hydroxylation is 1. The third kappa shape index (κ3) is 1.36. The molecule has 0 amide bonds. The highest BCUT2D eigenvalue weighted by Gasteiger charge is 2.16. The normalized spacial score (nSPS) is 10.7. The number of carboxylic acid groups (broad SMARTS) is 1. The molecule has 0 radical (unpaired) electrons. The number of aromatic carboxylic acids is 1. The fourth-order valence-electron chi connectivity index (χ4n) is 1.18. The van der Waals surface area contributed by atoms with Gasteiger partial charge in [0, 0.05) is 11.1 Å². The van der Waals surface area contributed by atoms with E-state index in [1.54, 1.807) is 6.07 Å². The lowest BCUT2D eigenvalue weighted by molar-refractivity contribution is 0.0702. The Labute approximate surface area is 89.0 Å². The molecule has 0 aliphatic heterocycles. The summed E-state index contributed by atoms with van der Waals surface area (Å²) in [6.45, 7) is 1.85. The van der Waals surface area contributed by atoms with Gasteiger partial charge in [-0.1, -0.05) is 11.6 Å². The monoisotopic (exact) mass is 227 g/mol. The van der Waals surface area contributed by atoms with E-state index in [0.717, 1.165) is 17.0 Å². The lowest BCUT2D eigenvalue weighted by Crippen LogP contribution is -1.91.